The summed E-state index contributed by atoms with van der Waals surface area (Å²) in [5.41, 5.74) is 1.88. The molecule has 3 nitrogen and oxygen atoms in total. The SMILES string of the molecule is Cc1ccc(Br)cc1S(=O)(=O)N(C)CCc1ccccc1. The Morgan fingerprint density at radius 3 is 2.43 bits per heavy atom. The minimum Gasteiger partial charge on any atom is -0.207 e. The Morgan fingerprint density at radius 2 is 1.76 bits per heavy atom. The number of rotatable bonds is 5. The number of halogens is 1. The highest BCUT2D eigenvalue weighted by molar-refractivity contribution is 9.10. The zero-order chi connectivity index (χ0) is 15.5. The van der Waals surface area contributed by atoms with Gasteiger partial charge >= 0.3 is 0 Å². The summed E-state index contributed by atoms with van der Waals surface area (Å²) >= 11 is 3.33. The van der Waals surface area contributed by atoms with Gasteiger partial charge in [-0.15, -0.1) is 0 Å². The molecule has 21 heavy (non-hydrogen) atoms. The zero-order valence-electron chi connectivity index (χ0n) is 12.1. The largest absolute Gasteiger partial charge is 0.243 e. The van der Waals surface area contributed by atoms with Gasteiger partial charge in [-0.2, -0.15) is 0 Å². The first kappa shape index (κ1) is 16.2. The second kappa shape index (κ2) is 6.73. The molecule has 0 bridgehead atoms. The predicted octanol–water partition coefficient (Wildman–Crippen LogP) is 3.62. The lowest BCUT2D eigenvalue weighted by molar-refractivity contribution is 0.472. The number of likely N-dealkylation sites (N-methyl/N-ethyl adjacent to an activating group) is 1. The summed E-state index contributed by atoms with van der Waals surface area (Å²) in [5, 5.41) is 0. The van der Waals surface area contributed by atoms with E-state index in [2.05, 4.69) is 15.9 Å². The van der Waals surface area contributed by atoms with Gasteiger partial charge in [-0.1, -0.05) is 52.3 Å². The third-order valence-electron chi connectivity index (χ3n) is 3.40. The van der Waals surface area contributed by atoms with Gasteiger partial charge < -0.3 is 0 Å². The summed E-state index contributed by atoms with van der Waals surface area (Å²) in [7, 11) is -1.84. The molecule has 2 rings (SSSR count). The fraction of sp³-hybridized carbons (Fsp3) is 0.250. The van der Waals surface area contributed by atoms with E-state index in [9.17, 15) is 8.42 Å². The molecule has 0 spiro atoms. The van der Waals surface area contributed by atoms with Crippen molar-refractivity contribution in [3.63, 3.8) is 0 Å². The third kappa shape index (κ3) is 3.93. The molecule has 0 aliphatic carbocycles. The van der Waals surface area contributed by atoms with E-state index >= 15 is 0 Å². The molecule has 0 saturated heterocycles. The van der Waals surface area contributed by atoms with Crippen molar-refractivity contribution in [1.29, 1.82) is 0 Å². The number of hydrogen-bond donors (Lipinski definition) is 0. The average Bonchev–Trinajstić information content (AvgIpc) is 2.48. The summed E-state index contributed by atoms with van der Waals surface area (Å²) in [6.45, 7) is 2.27. The van der Waals surface area contributed by atoms with Crippen molar-refractivity contribution in [2.24, 2.45) is 0 Å². The molecule has 0 N–H and O–H groups in total. The van der Waals surface area contributed by atoms with Gasteiger partial charge in [-0.25, -0.2) is 12.7 Å². The molecule has 0 atom stereocenters. The van der Waals surface area contributed by atoms with Gasteiger partial charge in [0.25, 0.3) is 0 Å². The minimum atomic E-state index is -3.46. The second-order valence-electron chi connectivity index (χ2n) is 4.97. The molecule has 0 unspecified atom stereocenters. The first-order chi connectivity index (χ1) is 9.91. The Labute approximate surface area is 134 Å². The molecule has 112 valence electrons. The van der Waals surface area contributed by atoms with Crippen LogP contribution in [0.15, 0.2) is 57.9 Å². The van der Waals surface area contributed by atoms with Gasteiger partial charge in [0.05, 0.1) is 4.90 Å². The van der Waals surface area contributed by atoms with Gasteiger partial charge in [0.15, 0.2) is 0 Å². The van der Waals surface area contributed by atoms with Crippen LogP contribution in [0.25, 0.3) is 0 Å². The van der Waals surface area contributed by atoms with E-state index < -0.39 is 10.0 Å². The zero-order valence-corrected chi connectivity index (χ0v) is 14.5. The van der Waals surface area contributed by atoms with Crippen molar-refractivity contribution in [1.82, 2.24) is 4.31 Å². The lowest BCUT2D eigenvalue weighted by Crippen LogP contribution is -2.29. The van der Waals surface area contributed by atoms with Crippen LogP contribution in [-0.4, -0.2) is 26.3 Å². The van der Waals surface area contributed by atoms with E-state index in [4.69, 9.17) is 0 Å². The van der Waals surface area contributed by atoms with Crippen LogP contribution in [0, 0.1) is 6.92 Å². The Bertz CT molecular complexity index is 714. The van der Waals surface area contributed by atoms with Crippen molar-refractivity contribution in [3.8, 4) is 0 Å². The van der Waals surface area contributed by atoms with Crippen LogP contribution in [0.5, 0.6) is 0 Å². The highest BCUT2D eigenvalue weighted by atomic mass is 79.9. The maximum absolute atomic E-state index is 12.6. The Balaban J connectivity index is 2.17. The van der Waals surface area contributed by atoms with Gasteiger partial charge in [-0.05, 0) is 36.6 Å². The number of nitrogens with zero attached hydrogens (tertiary/aromatic N) is 1. The maximum atomic E-state index is 12.6. The van der Waals surface area contributed by atoms with Gasteiger partial charge in [0, 0.05) is 18.1 Å². The molecule has 2 aromatic carbocycles. The average molecular weight is 368 g/mol. The molecule has 0 aliphatic heterocycles. The van der Waals surface area contributed by atoms with Crippen LogP contribution in [0.1, 0.15) is 11.1 Å². The van der Waals surface area contributed by atoms with Crippen LogP contribution in [0.4, 0.5) is 0 Å². The molecular weight excluding hydrogens is 350 g/mol. The summed E-state index contributed by atoms with van der Waals surface area (Å²) in [6, 6.07) is 15.2. The standard InChI is InChI=1S/C16H18BrNO2S/c1-13-8-9-15(17)12-16(13)21(19,20)18(2)11-10-14-6-4-3-5-7-14/h3-9,12H,10-11H2,1-2H3. The van der Waals surface area contributed by atoms with Gasteiger partial charge in [0.1, 0.15) is 0 Å². The Morgan fingerprint density at radius 1 is 1.10 bits per heavy atom. The predicted molar refractivity (Wildman–Crippen MR) is 88.8 cm³/mol. The topological polar surface area (TPSA) is 37.4 Å². The molecule has 0 radical (unpaired) electrons. The lowest BCUT2D eigenvalue weighted by atomic mass is 10.2. The molecule has 5 heteroatoms. The summed E-state index contributed by atoms with van der Waals surface area (Å²) < 4.78 is 27.4. The van der Waals surface area contributed by atoms with E-state index in [1.54, 1.807) is 13.1 Å². The molecular formula is C16H18BrNO2S. The summed E-state index contributed by atoms with van der Waals surface area (Å²) in [5.74, 6) is 0. The molecule has 0 saturated carbocycles. The van der Waals surface area contributed by atoms with Crippen LogP contribution in [0.2, 0.25) is 0 Å². The molecule has 2 aromatic rings. The highest BCUT2D eigenvalue weighted by Gasteiger charge is 2.22. The van der Waals surface area contributed by atoms with Crippen molar-refractivity contribution in [3.05, 3.63) is 64.1 Å². The van der Waals surface area contributed by atoms with Gasteiger partial charge in [-0.3, -0.25) is 0 Å². The number of sulfonamides is 1. The quantitative estimate of drug-likeness (QED) is 0.809. The van der Waals surface area contributed by atoms with Crippen LogP contribution in [-0.2, 0) is 16.4 Å². The van der Waals surface area contributed by atoms with E-state index in [0.29, 0.717) is 17.9 Å². The molecule has 0 heterocycles. The fourth-order valence-electron chi connectivity index (χ4n) is 2.07. The van der Waals surface area contributed by atoms with Crippen LogP contribution < -0.4 is 0 Å². The summed E-state index contributed by atoms with van der Waals surface area (Å²) in [4.78, 5) is 0.354. The highest BCUT2D eigenvalue weighted by Crippen LogP contribution is 2.23. The van der Waals surface area contributed by atoms with Gasteiger partial charge in [0.2, 0.25) is 10.0 Å². The van der Waals surface area contributed by atoms with Crippen molar-refractivity contribution in [2.45, 2.75) is 18.2 Å². The van der Waals surface area contributed by atoms with E-state index in [0.717, 1.165) is 15.6 Å². The normalized spacial score (nSPS) is 11.8. The van der Waals surface area contributed by atoms with Crippen molar-refractivity contribution in [2.75, 3.05) is 13.6 Å². The van der Waals surface area contributed by atoms with Crippen LogP contribution >= 0.6 is 15.9 Å². The van der Waals surface area contributed by atoms with Crippen molar-refractivity contribution < 1.29 is 8.42 Å². The minimum absolute atomic E-state index is 0.354. The summed E-state index contributed by atoms with van der Waals surface area (Å²) in [6.07, 6.45) is 0.698. The fourth-order valence-corrected chi connectivity index (χ4v) is 4.00. The van der Waals surface area contributed by atoms with E-state index in [-0.39, 0.29) is 0 Å². The number of aryl methyl sites for hydroxylation is 1. The molecule has 0 aromatic heterocycles. The van der Waals surface area contributed by atoms with E-state index in [1.807, 2.05) is 49.4 Å². The third-order valence-corrected chi connectivity index (χ3v) is 5.89. The second-order valence-corrected chi connectivity index (χ2v) is 7.90. The monoisotopic (exact) mass is 367 g/mol. The smallest absolute Gasteiger partial charge is 0.207 e. The molecule has 0 aliphatic rings. The number of benzene rings is 2. The maximum Gasteiger partial charge on any atom is 0.243 e. The first-order valence-corrected chi connectivity index (χ1v) is 8.91. The van der Waals surface area contributed by atoms with Crippen LogP contribution in [0.3, 0.4) is 0 Å². The first-order valence-electron chi connectivity index (χ1n) is 6.67. The molecule has 0 fully saturated rings. The van der Waals surface area contributed by atoms with E-state index in [1.165, 1.54) is 4.31 Å². The Hall–Kier alpha value is -1.17. The Kier molecular flexibility index (Phi) is 5.19. The van der Waals surface area contributed by atoms with Crippen molar-refractivity contribution >= 4 is 26.0 Å². The number of hydrogen-bond acceptors (Lipinski definition) is 2. The molecule has 0 amide bonds. The lowest BCUT2D eigenvalue weighted by Gasteiger charge is -2.18.